The Labute approximate surface area is 448 Å². The Balaban J connectivity index is 0.879. The van der Waals surface area contributed by atoms with Gasteiger partial charge in [0.2, 0.25) is 0 Å². The number of rotatable bonds is 9. The highest BCUT2D eigenvalue weighted by atomic mass is 15.1. The van der Waals surface area contributed by atoms with Crippen LogP contribution in [0.4, 0.5) is 17.1 Å². The van der Waals surface area contributed by atoms with Gasteiger partial charge in [-0.3, -0.25) is 0 Å². The lowest BCUT2D eigenvalue weighted by Crippen LogP contribution is -2.28. The summed E-state index contributed by atoms with van der Waals surface area (Å²) in [5, 5.41) is 7.55. The molecule has 0 fully saturated rings. The van der Waals surface area contributed by atoms with Crippen LogP contribution in [0.5, 0.6) is 0 Å². The summed E-state index contributed by atoms with van der Waals surface area (Å²) < 4.78 is 2.43. The summed E-state index contributed by atoms with van der Waals surface area (Å²) in [4.78, 5) is 2.44. The maximum atomic E-state index is 2.46. The second-order valence-corrected chi connectivity index (χ2v) is 20.3. The highest BCUT2D eigenvalue weighted by molar-refractivity contribution is 6.10. The van der Waals surface area contributed by atoms with Crippen molar-refractivity contribution in [2.24, 2.45) is 0 Å². The summed E-state index contributed by atoms with van der Waals surface area (Å²) in [5.74, 6) is 0. The average Bonchev–Trinajstić information content (AvgIpc) is 4.24. The lowest BCUT2D eigenvalue weighted by atomic mass is 9.67. The Kier molecular flexibility index (Phi) is 10.5. The van der Waals surface area contributed by atoms with Crippen molar-refractivity contribution in [1.29, 1.82) is 0 Å². The van der Waals surface area contributed by atoms with Gasteiger partial charge in [-0.1, -0.05) is 243 Å². The van der Waals surface area contributed by atoms with Crippen LogP contribution in [0.25, 0.3) is 93.5 Å². The van der Waals surface area contributed by atoms with Crippen LogP contribution in [0.3, 0.4) is 0 Å². The summed E-state index contributed by atoms with van der Waals surface area (Å²) in [6.45, 7) is 0. The van der Waals surface area contributed by atoms with E-state index in [0.29, 0.717) is 0 Å². The van der Waals surface area contributed by atoms with Gasteiger partial charge in [-0.05, 0) is 143 Å². The third kappa shape index (κ3) is 7.10. The summed E-state index contributed by atoms with van der Waals surface area (Å²) in [6.07, 6.45) is 0. The monoisotopic (exact) mass is 978 g/mol. The highest BCUT2D eigenvalue weighted by Crippen LogP contribution is 2.57. The Morgan fingerprint density at radius 2 is 0.740 bits per heavy atom. The number of hydrogen-bond acceptors (Lipinski definition) is 1. The topological polar surface area (TPSA) is 8.17 Å². The molecule has 2 heteroatoms. The first-order valence-electron chi connectivity index (χ1n) is 26.7. The molecule has 77 heavy (non-hydrogen) atoms. The van der Waals surface area contributed by atoms with Gasteiger partial charge < -0.3 is 9.47 Å². The summed E-state index contributed by atoms with van der Waals surface area (Å²) in [6, 6.07) is 112. The van der Waals surface area contributed by atoms with Crippen LogP contribution in [0.15, 0.2) is 303 Å². The lowest BCUT2D eigenvalue weighted by molar-refractivity contribution is 0.768. The van der Waals surface area contributed by atoms with Crippen LogP contribution in [0, 0.1) is 0 Å². The van der Waals surface area contributed by atoms with Crippen LogP contribution in [0.2, 0.25) is 0 Å². The zero-order valence-corrected chi connectivity index (χ0v) is 42.3. The van der Waals surface area contributed by atoms with Crippen LogP contribution in [0.1, 0.15) is 22.3 Å². The van der Waals surface area contributed by atoms with Crippen LogP contribution in [-0.4, -0.2) is 4.57 Å². The first kappa shape index (κ1) is 44.5. The number of benzene rings is 13. The van der Waals surface area contributed by atoms with Crippen LogP contribution < -0.4 is 4.90 Å². The van der Waals surface area contributed by atoms with Crippen molar-refractivity contribution in [3.05, 3.63) is 326 Å². The van der Waals surface area contributed by atoms with Crippen molar-refractivity contribution >= 4 is 60.4 Å². The average molecular weight is 979 g/mol. The van der Waals surface area contributed by atoms with Crippen molar-refractivity contribution < 1.29 is 0 Å². The molecule has 0 atom stereocenters. The lowest BCUT2D eigenvalue weighted by Gasteiger charge is -2.35. The molecular weight excluding hydrogens is 929 g/mol. The fraction of sp³-hybridized carbons (Fsp3) is 0.0133. The molecule has 0 saturated carbocycles. The van der Waals surface area contributed by atoms with Gasteiger partial charge >= 0.3 is 0 Å². The van der Waals surface area contributed by atoms with E-state index < -0.39 is 5.41 Å². The highest BCUT2D eigenvalue weighted by Gasteiger charge is 2.46. The summed E-state index contributed by atoms with van der Waals surface area (Å²) in [5.41, 5.74) is 20.9. The first-order valence-corrected chi connectivity index (χ1v) is 26.7. The van der Waals surface area contributed by atoms with Crippen LogP contribution in [-0.2, 0) is 5.41 Å². The van der Waals surface area contributed by atoms with Gasteiger partial charge in [0, 0.05) is 33.4 Å². The van der Waals surface area contributed by atoms with Gasteiger partial charge in [-0.15, -0.1) is 0 Å². The van der Waals surface area contributed by atoms with Gasteiger partial charge in [0.15, 0.2) is 0 Å². The van der Waals surface area contributed by atoms with E-state index in [1.165, 1.54) is 105 Å². The van der Waals surface area contributed by atoms with Crippen molar-refractivity contribution in [3.63, 3.8) is 0 Å². The second kappa shape index (κ2) is 18.1. The Morgan fingerprint density at radius 3 is 1.43 bits per heavy atom. The molecule has 15 rings (SSSR count). The zero-order valence-electron chi connectivity index (χ0n) is 42.3. The largest absolute Gasteiger partial charge is 0.310 e. The number of hydrogen-bond donors (Lipinski definition) is 0. The molecule has 0 N–H and O–H groups in total. The number of aromatic nitrogens is 1. The summed E-state index contributed by atoms with van der Waals surface area (Å²) >= 11 is 0. The third-order valence-corrected chi connectivity index (χ3v) is 16.3. The van der Waals surface area contributed by atoms with Gasteiger partial charge in [-0.25, -0.2) is 0 Å². The third-order valence-electron chi connectivity index (χ3n) is 16.3. The molecule has 2 nitrogen and oxygen atoms in total. The first-order chi connectivity index (χ1) is 38.2. The van der Waals surface area contributed by atoms with Gasteiger partial charge in [0.1, 0.15) is 0 Å². The molecular formula is C75H50N2. The molecule has 13 aromatic carbocycles. The smallest absolute Gasteiger partial charge is 0.0714 e. The number of para-hydroxylation sites is 3. The molecule has 0 aliphatic heterocycles. The van der Waals surface area contributed by atoms with E-state index in [1.54, 1.807) is 0 Å². The minimum atomic E-state index is -0.537. The van der Waals surface area contributed by atoms with Gasteiger partial charge in [-0.2, -0.15) is 0 Å². The fourth-order valence-corrected chi connectivity index (χ4v) is 12.9. The van der Waals surface area contributed by atoms with E-state index in [4.69, 9.17) is 0 Å². The molecule has 1 aliphatic carbocycles. The molecule has 1 heterocycles. The molecule has 14 aromatic rings. The van der Waals surface area contributed by atoms with Crippen LogP contribution >= 0.6 is 0 Å². The van der Waals surface area contributed by atoms with E-state index in [2.05, 4.69) is 313 Å². The van der Waals surface area contributed by atoms with Crippen molar-refractivity contribution in [2.75, 3.05) is 4.90 Å². The van der Waals surface area contributed by atoms with E-state index in [9.17, 15) is 0 Å². The molecule has 1 aromatic heterocycles. The molecule has 360 valence electrons. The Bertz CT molecular complexity index is 4460. The predicted molar refractivity (Wildman–Crippen MR) is 324 cm³/mol. The van der Waals surface area contributed by atoms with E-state index >= 15 is 0 Å². The van der Waals surface area contributed by atoms with E-state index in [-0.39, 0.29) is 0 Å². The fourth-order valence-electron chi connectivity index (χ4n) is 12.9. The molecule has 0 bridgehead atoms. The molecule has 0 spiro atoms. The molecule has 1 aliphatic rings. The molecule has 0 radical (unpaired) electrons. The minimum absolute atomic E-state index is 0.537. The number of nitrogens with zero attached hydrogens (tertiary/aromatic N) is 2. The maximum Gasteiger partial charge on any atom is 0.0714 e. The molecule has 0 amide bonds. The predicted octanol–water partition coefficient (Wildman–Crippen LogP) is 19.9. The van der Waals surface area contributed by atoms with Crippen molar-refractivity contribution in [3.8, 4) is 50.2 Å². The Morgan fingerprint density at radius 1 is 0.260 bits per heavy atom. The number of anilines is 3. The van der Waals surface area contributed by atoms with Gasteiger partial charge in [0.25, 0.3) is 0 Å². The molecule has 0 unspecified atom stereocenters. The standard InChI is InChI=1S/C75H50N2/c1-3-20-56(21-4-1)75(57-22-5-2-6-23-57)70-31-15-11-27-65(70)66-48-46-60(50-71(66)75)76(58-42-37-51(38-43-58)54-41-47-63-55(49-54)36-35-52-19-7-8-24-61(52)63)59-44-39-53(40-45-59)62-25-9-10-26-64(62)67-28-12-16-32-72(67)77-73-33-17-13-29-68(73)69-30-14-18-34-74(69)77/h1-50H. The minimum Gasteiger partial charge on any atom is -0.310 e. The quantitative estimate of drug-likeness (QED) is 0.131. The normalized spacial score (nSPS) is 12.5. The summed E-state index contributed by atoms with van der Waals surface area (Å²) in [7, 11) is 0. The van der Waals surface area contributed by atoms with Gasteiger partial charge in [0.05, 0.1) is 22.1 Å². The van der Waals surface area contributed by atoms with E-state index in [1.807, 2.05) is 0 Å². The van der Waals surface area contributed by atoms with Crippen molar-refractivity contribution in [1.82, 2.24) is 4.57 Å². The zero-order chi connectivity index (χ0) is 50.9. The molecule has 0 saturated heterocycles. The second-order valence-electron chi connectivity index (χ2n) is 20.3. The number of fused-ring (bicyclic) bond motifs is 9. The maximum absolute atomic E-state index is 2.46. The van der Waals surface area contributed by atoms with Crippen molar-refractivity contribution in [2.45, 2.75) is 5.41 Å². The Hall–Kier alpha value is -10.0. The van der Waals surface area contributed by atoms with E-state index in [0.717, 1.165) is 28.3 Å². The SMILES string of the molecule is c1ccc(C2(c3ccccc3)c3ccccc3-c3ccc(N(c4ccc(-c5ccc6c(ccc7ccccc76)c5)cc4)c4ccc(-c5ccccc5-c5ccccc5-n5c6ccccc6c6ccccc65)cc4)cc32)cc1.